The summed E-state index contributed by atoms with van der Waals surface area (Å²) < 4.78 is 3.62. The number of aryl methyl sites for hydroxylation is 1. The second-order valence-electron chi connectivity index (χ2n) is 8.34. The molecule has 3 N–H and O–H groups in total. The van der Waals surface area contributed by atoms with Gasteiger partial charge in [0.05, 0.1) is 31.3 Å². The number of amides is 1. The Hall–Kier alpha value is -3.89. The highest BCUT2D eigenvalue weighted by molar-refractivity contribution is 6.04. The molecule has 1 atom stereocenters. The summed E-state index contributed by atoms with van der Waals surface area (Å²) in [7, 11) is 0. The summed E-state index contributed by atoms with van der Waals surface area (Å²) in [6, 6.07) is 10.9. The molecule has 4 rings (SSSR count). The van der Waals surface area contributed by atoms with Crippen LogP contribution in [-0.2, 0) is 6.54 Å². The summed E-state index contributed by atoms with van der Waals surface area (Å²) in [6.07, 6.45) is 4.16. The van der Waals surface area contributed by atoms with Gasteiger partial charge in [0.2, 0.25) is 0 Å². The number of nitrogens with one attached hydrogen (secondary N) is 1. The number of hydrogen-bond acceptors (Lipinski definition) is 7. The number of pyridine rings is 1. The molecule has 0 spiro atoms. The van der Waals surface area contributed by atoms with E-state index in [1.54, 1.807) is 41.6 Å². The lowest BCUT2D eigenvalue weighted by Gasteiger charge is -2.11. The maximum atomic E-state index is 13.0. The number of aliphatic hydroxyl groups excluding tert-OH is 2. The third kappa shape index (κ3) is 5.03. The number of hydrogen-bond donors (Lipinski definition) is 3. The fourth-order valence-corrected chi connectivity index (χ4v) is 3.56. The van der Waals surface area contributed by atoms with Gasteiger partial charge in [0.15, 0.2) is 5.82 Å². The first kappa shape index (κ1) is 23.3. The van der Waals surface area contributed by atoms with Gasteiger partial charge in [0, 0.05) is 23.4 Å². The van der Waals surface area contributed by atoms with Crippen molar-refractivity contribution < 1.29 is 15.0 Å². The molecule has 10 nitrogen and oxygen atoms in total. The molecule has 34 heavy (non-hydrogen) atoms. The number of carbonyl (C=O) groups excluding carboxylic acids is 1. The molecular weight excluding hydrogens is 434 g/mol. The number of nitrogens with zero attached hydrogens (tertiary/aromatic N) is 6. The van der Waals surface area contributed by atoms with Crippen molar-refractivity contribution in [2.75, 3.05) is 11.9 Å². The quantitative estimate of drug-likeness (QED) is 0.368. The highest BCUT2D eigenvalue weighted by atomic mass is 16.3. The lowest BCUT2D eigenvalue weighted by Crippen LogP contribution is -2.18. The standard InChI is InChI=1S/C24H27N7O3/c1-15(2)31-14-26-29-23(31)20-5-4-6-22(27-20)28-24(34)17-8-7-16(3)19(9-17)21-11-30(13-25-21)10-18(33)12-32/h4-9,11,13-15,18,32-33H,10,12H2,1-3H3,(H,27,28,34). The number of imidazole rings is 1. The minimum absolute atomic E-state index is 0.173. The molecule has 0 bridgehead atoms. The van der Waals surface area contributed by atoms with Crippen molar-refractivity contribution in [3.8, 4) is 22.8 Å². The maximum absolute atomic E-state index is 13.0. The first-order valence-corrected chi connectivity index (χ1v) is 11.0. The Labute approximate surface area is 197 Å². The topological polar surface area (TPSA) is 131 Å². The van der Waals surface area contributed by atoms with Crippen LogP contribution < -0.4 is 5.32 Å². The molecule has 4 aromatic rings. The summed E-state index contributed by atoms with van der Waals surface area (Å²) in [4.78, 5) is 21.9. The van der Waals surface area contributed by atoms with Gasteiger partial charge in [-0.05, 0) is 50.6 Å². The first-order valence-electron chi connectivity index (χ1n) is 11.0. The number of aromatic nitrogens is 6. The Morgan fingerprint density at radius 1 is 1.15 bits per heavy atom. The summed E-state index contributed by atoms with van der Waals surface area (Å²) in [5.41, 5.74) is 3.51. The van der Waals surface area contributed by atoms with Crippen LogP contribution in [0.3, 0.4) is 0 Å². The Bertz CT molecular complexity index is 1300. The van der Waals surface area contributed by atoms with Crippen LogP contribution in [0.25, 0.3) is 22.8 Å². The van der Waals surface area contributed by atoms with Crippen LogP contribution in [-0.4, -0.2) is 58.1 Å². The van der Waals surface area contributed by atoms with Crippen LogP contribution in [0.2, 0.25) is 0 Å². The lowest BCUT2D eigenvalue weighted by molar-refractivity contribution is 0.0812. The zero-order chi connectivity index (χ0) is 24.2. The van der Waals surface area contributed by atoms with Gasteiger partial charge in [-0.25, -0.2) is 9.97 Å². The smallest absolute Gasteiger partial charge is 0.256 e. The summed E-state index contributed by atoms with van der Waals surface area (Å²) >= 11 is 0. The van der Waals surface area contributed by atoms with Gasteiger partial charge in [0.1, 0.15) is 17.8 Å². The molecule has 0 saturated heterocycles. The molecule has 1 unspecified atom stereocenters. The fourth-order valence-electron chi connectivity index (χ4n) is 3.56. The van der Waals surface area contributed by atoms with Crippen LogP contribution in [0.5, 0.6) is 0 Å². The zero-order valence-corrected chi connectivity index (χ0v) is 19.3. The van der Waals surface area contributed by atoms with Crippen molar-refractivity contribution in [3.63, 3.8) is 0 Å². The number of benzene rings is 1. The monoisotopic (exact) mass is 461 g/mol. The van der Waals surface area contributed by atoms with Crippen LogP contribution in [0.1, 0.15) is 35.8 Å². The Kier molecular flexibility index (Phi) is 6.80. The van der Waals surface area contributed by atoms with Crippen LogP contribution in [0.15, 0.2) is 55.2 Å². The van der Waals surface area contributed by atoms with Crippen molar-refractivity contribution >= 4 is 11.7 Å². The Morgan fingerprint density at radius 3 is 2.74 bits per heavy atom. The Morgan fingerprint density at radius 2 is 1.97 bits per heavy atom. The zero-order valence-electron chi connectivity index (χ0n) is 19.3. The van der Waals surface area contributed by atoms with Crippen LogP contribution >= 0.6 is 0 Å². The van der Waals surface area contributed by atoms with Gasteiger partial charge < -0.3 is 24.7 Å². The van der Waals surface area contributed by atoms with Gasteiger partial charge >= 0.3 is 0 Å². The Balaban J connectivity index is 1.55. The van der Waals surface area contributed by atoms with Gasteiger partial charge in [-0.1, -0.05) is 12.1 Å². The SMILES string of the molecule is Cc1ccc(C(=O)Nc2cccc(-c3nncn3C(C)C)n2)cc1-c1cn(CC(O)CO)cn1. The van der Waals surface area contributed by atoms with Crippen molar-refractivity contribution in [2.24, 2.45) is 0 Å². The number of aliphatic hydroxyl groups is 2. The average molecular weight is 462 g/mol. The van der Waals surface area contributed by atoms with E-state index < -0.39 is 6.10 Å². The van der Waals surface area contributed by atoms with E-state index in [0.717, 1.165) is 11.1 Å². The average Bonchev–Trinajstić information content (AvgIpc) is 3.49. The highest BCUT2D eigenvalue weighted by Gasteiger charge is 2.15. The molecule has 0 fully saturated rings. The van der Waals surface area contributed by atoms with E-state index in [0.29, 0.717) is 28.6 Å². The summed E-state index contributed by atoms with van der Waals surface area (Å²) in [5.74, 6) is 0.738. The molecule has 176 valence electrons. The van der Waals surface area contributed by atoms with Crippen molar-refractivity contribution in [1.29, 1.82) is 0 Å². The largest absolute Gasteiger partial charge is 0.394 e. The van der Waals surface area contributed by atoms with Gasteiger partial charge in [-0.2, -0.15) is 0 Å². The van der Waals surface area contributed by atoms with Gasteiger partial charge in [0.25, 0.3) is 5.91 Å². The summed E-state index contributed by atoms with van der Waals surface area (Å²) in [6.45, 7) is 5.91. The second-order valence-corrected chi connectivity index (χ2v) is 8.34. The van der Waals surface area contributed by atoms with Crippen molar-refractivity contribution in [2.45, 2.75) is 39.5 Å². The number of anilines is 1. The fraction of sp³-hybridized carbons (Fsp3) is 0.292. The molecule has 1 aromatic carbocycles. The minimum Gasteiger partial charge on any atom is -0.394 e. The van der Waals surface area contributed by atoms with Crippen molar-refractivity contribution in [3.05, 3.63) is 66.4 Å². The predicted octanol–water partition coefficient (Wildman–Crippen LogP) is 2.70. The number of rotatable bonds is 8. The van der Waals surface area contributed by atoms with E-state index in [9.17, 15) is 9.90 Å². The first-order chi connectivity index (χ1) is 16.4. The third-order valence-electron chi connectivity index (χ3n) is 5.39. The third-order valence-corrected chi connectivity index (χ3v) is 5.39. The predicted molar refractivity (Wildman–Crippen MR) is 127 cm³/mol. The molecule has 0 aliphatic carbocycles. The molecule has 1 amide bonds. The highest BCUT2D eigenvalue weighted by Crippen LogP contribution is 2.24. The van der Waals surface area contributed by atoms with Gasteiger partial charge in [-0.15, -0.1) is 10.2 Å². The van der Waals surface area contributed by atoms with E-state index in [2.05, 4.69) is 25.5 Å². The maximum Gasteiger partial charge on any atom is 0.256 e. The van der Waals surface area contributed by atoms with Crippen LogP contribution in [0, 0.1) is 6.92 Å². The normalized spacial score (nSPS) is 12.2. The second kappa shape index (κ2) is 9.94. The van der Waals surface area contributed by atoms with Crippen molar-refractivity contribution in [1.82, 2.24) is 29.3 Å². The van der Waals surface area contributed by atoms with E-state index >= 15 is 0 Å². The molecule has 0 saturated carbocycles. The number of carbonyl (C=O) groups is 1. The summed E-state index contributed by atoms with van der Waals surface area (Å²) in [5, 5.41) is 29.7. The van der Waals surface area contributed by atoms with Crippen LogP contribution in [0.4, 0.5) is 5.82 Å². The molecular formula is C24H27N7O3. The molecule has 10 heteroatoms. The van der Waals surface area contributed by atoms with E-state index in [1.165, 1.54) is 0 Å². The molecule has 0 aliphatic rings. The minimum atomic E-state index is -0.863. The molecule has 0 radical (unpaired) electrons. The molecule has 0 aliphatic heterocycles. The van der Waals surface area contributed by atoms with E-state index in [4.69, 9.17) is 5.11 Å². The van der Waals surface area contributed by atoms with E-state index in [-0.39, 0.29) is 25.1 Å². The van der Waals surface area contributed by atoms with E-state index in [1.807, 2.05) is 43.5 Å². The molecule has 3 aromatic heterocycles. The molecule has 3 heterocycles. The van der Waals surface area contributed by atoms with Gasteiger partial charge in [-0.3, -0.25) is 4.79 Å². The lowest BCUT2D eigenvalue weighted by atomic mass is 10.0.